The molecule has 0 bridgehead atoms. The number of rotatable bonds is 3. The van der Waals surface area contributed by atoms with Gasteiger partial charge in [0.05, 0.1) is 13.6 Å². The molecule has 96 valence electrons. The van der Waals surface area contributed by atoms with E-state index in [0.717, 1.165) is 4.80 Å². The summed E-state index contributed by atoms with van der Waals surface area (Å²) >= 11 is 0. The predicted molar refractivity (Wildman–Crippen MR) is 57.5 cm³/mol. The quantitative estimate of drug-likeness (QED) is 0.786. The summed E-state index contributed by atoms with van der Waals surface area (Å²) in [5.41, 5.74) is 0.516. The molecule has 5 nitrogen and oxygen atoms in total. The van der Waals surface area contributed by atoms with Crippen LogP contribution >= 0.6 is 0 Å². The van der Waals surface area contributed by atoms with E-state index in [1.807, 2.05) is 0 Å². The molecule has 0 atom stereocenters. The van der Waals surface area contributed by atoms with Crippen LogP contribution < -0.4 is 4.90 Å². The third-order valence-corrected chi connectivity index (χ3v) is 2.23. The molecule has 2 aromatic rings. The highest BCUT2D eigenvalue weighted by molar-refractivity contribution is 5.31. The molecule has 18 heavy (non-hydrogen) atoms. The second-order valence-corrected chi connectivity index (χ2v) is 3.62. The van der Waals surface area contributed by atoms with Gasteiger partial charge in [0, 0.05) is 0 Å². The zero-order chi connectivity index (χ0) is 13.2. The van der Waals surface area contributed by atoms with Crippen LogP contribution in [0.5, 0.6) is 0 Å². The summed E-state index contributed by atoms with van der Waals surface area (Å²) in [5.74, 6) is -0.464. The fourth-order valence-electron chi connectivity index (χ4n) is 1.42. The normalized spacial score (nSPS) is 11.6. The summed E-state index contributed by atoms with van der Waals surface area (Å²) < 4.78 is 38.7. The molecule has 0 aliphatic carbocycles. The minimum atomic E-state index is -4.56. The van der Waals surface area contributed by atoms with E-state index in [1.165, 1.54) is 7.05 Å². The Morgan fingerprint density at radius 2 is 1.89 bits per heavy atom. The van der Waals surface area contributed by atoms with Crippen molar-refractivity contribution in [2.75, 3.05) is 4.90 Å². The van der Waals surface area contributed by atoms with Gasteiger partial charge in [0.1, 0.15) is 0 Å². The lowest BCUT2D eigenvalue weighted by molar-refractivity contribution is -0.131. The molecule has 0 unspecified atom stereocenters. The monoisotopic (exact) mass is 257 g/mol. The van der Waals surface area contributed by atoms with E-state index in [0.29, 0.717) is 5.56 Å². The predicted octanol–water partition coefficient (Wildman–Crippen LogP) is 1.74. The highest BCUT2D eigenvalue weighted by Gasteiger charge is 2.40. The van der Waals surface area contributed by atoms with Gasteiger partial charge in [-0.3, -0.25) is 0 Å². The van der Waals surface area contributed by atoms with Crippen LogP contribution in [-0.2, 0) is 13.6 Å². The Bertz CT molecular complexity index is 508. The maximum atomic E-state index is 12.9. The van der Waals surface area contributed by atoms with Gasteiger partial charge in [-0.15, -0.1) is 18.3 Å². The first kappa shape index (κ1) is 12.3. The van der Waals surface area contributed by atoms with Gasteiger partial charge in [0.2, 0.25) is 0 Å². The first-order chi connectivity index (χ1) is 8.47. The third kappa shape index (κ3) is 2.76. The maximum Gasteiger partial charge on any atom is 0.487 e. The standard InChI is InChI=1S/C10H10F3N5/c1-17-15-9(14-16-17)18(10(11,12)13)7-8-5-3-2-4-6-8/h2-6H,7H2,1H3. The van der Waals surface area contributed by atoms with Gasteiger partial charge in [-0.1, -0.05) is 35.4 Å². The summed E-state index contributed by atoms with van der Waals surface area (Å²) in [5, 5.41) is 10.4. The second-order valence-electron chi connectivity index (χ2n) is 3.62. The van der Waals surface area contributed by atoms with Crippen molar-refractivity contribution in [1.82, 2.24) is 20.2 Å². The summed E-state index contributed by atoms with van der Waals surface area (Å²) in [6.07, 6.45) is -4.56. The van der Waals surface area contributed by atoms with Crippen molar-refractivity contribution in [3.63, 3.8) is 0 Å². The number of aryl methyl sites for hydroxylation is 1. The number of hydrogen-bond donors (Lipinski definition) is 0. The number of anilines is 1. The number of benzene rings is 1. The summed E-state index contributed by atoms with van der Waals surface area (Å²) in [6, 6.07) is 8.30. The number of alkyl halides is 3. The molecule has 0 aliphatic rings. The van der Waals surface area contributed by atoms with Gasteiger partial charge in [-0.25, -0.2) is 4.90 Å². The van der Waals surface area contributed by atoms with Crippen LogP contribution in [0.3, 0.4) is 0 Å². The minimum absolute atomic E-state index is 0.148. The van der Waals surface area contributed by atoms with E-state index in [4.69, 9.17) is 0 Å². The van der Waals surface area contributed by atoms with Crippen molar-refractivity contribution in [3.05, 3.63) is 35.9 Å². The van der Waals surface area contributed by atoms with E-state index in [-0.39, 0.29) is 11.4 Å². The molecular formula is C10H10F3N5. The van der Waals surface area contributed by atoms with Crippen molar-refractivity contribution in [2.24, 2.45) is 7.05 Å². The van der Waals surface area contributed by atoms with Gasteiger partial charge in [-0.2, -0.15) is 4.80 Å². The topological polar surface area (TPSA) is 46.8 Å². The highest BCUT2D eigenvalue weighted by atomic mass is 19.4. The molecule has 1 heterocycles. The van der Waals surface area contributed by atoms with E-state index in [9.17, 15) is 13.2 Å². The zero-order valence-electron chi connectivity index (χ0n) is 9.46. The minimum Gasteiger partial charge on any atom is -0.245 e. The van der Waals surface area contributed by atoms with Crippen LogP contribution in [0.25, 0.3) is 0 Å². The van der Waals surface area contributed by atoms with Crippen molar-refractivity contribution in [2.45, 2.75) is 12.8 Å². The van der Waals surface area contributed by atoms with E-state index < -0.39 is 12.2 Å². The molecule has 0 aliphatic heterocycles. The van der Waals surface area contributed by atoms with Crippen molar-refractivity contribution in [3.8, 4) is 0 Å². The largest absolute Gasteiger partial charge is 0.487 e. The average molecular weight is 257 g/mol. The van der Waals surface area contributed by atoms with Gasteiger partial charge in [0.25, 0.3) is 5.95 Å². The first-order valence-electron chi connectivity index (χ1n) is 5.09. The average Bonchev–Trinajstić information content (AvgIpc) is 2.72. The van der Waals surface area contributed by atoms with Crippen LogP contribution in [0.1, 0.15) is 5.56 Å². The molecule has 0 spiro atoms. The molecule has 0 saturated carbocycles. The SMILES string of the molecule is Cn1nnc(N(Cc2ccccc2)C(F)(F)F)n1. The number of halogens is 3. The maximum absolute atomic E-state index is 12.9. The number of hydrogen-bond acceptors (Lipinski definition) is 4. The summed E-state index contributed by atoms with van der Waals surface area (Å²) in [4.78, 5) is 1.13. The molecule has 0 fully saturated rings. The molecule has 0 saturated heterocycles. The lowest BCUT2D eigenvalue weighted by Gasteiger charge is -2.22. The highest BCUT2D eigenvalue weighted by Crippen LogP contribution is 2.27. The second kappa shape index (κ2) is 4.63. The molecule has 1 aromatic heterocycles. The number of nitrogens with zero attached hydrogens (tertiary/aromatic N) is 5. The lowest BCUT2D eigenvalue weighted by Crippen LogP contribution is -2.38. The Morgan fingerprint density at radius 1 is 1.22 bits per heavy atom. The van der Waals surface area contributed by atoms with Crippen LogP contribution in [0, 0.1) is 0 Å². The molecule has 1 aromatic carbocycles. The first-order valence-corrected chi connectivity index (χ1v) is 5.09. The van der Waals surface area contributed by atoms with Crippen LogP contribution in [0.15, 0.2) is 30.3 Å². The third-order valence-electron chi connectivity index (χ3n) is 2.23. The molecule has 0 radical (unpaired) electrons. The Morgan fingerprint density at radius 3 is 2.39 bits per heavy atom. The number of aromatic nitrogens is 4. The zero-order valence-corrected chi connectivity index (χ0v) is 9.46. The summed E-state index contributed by atoms with van der Waals surface area (Å²) in [7, 11) is 1.41. The fraction of sp³-hybridized carbons (Fsp3) is 0.300. The van der Waals surface area contributed by atoms with E-state index in [2.05, 4.69) is 15.4 Å². The van der Waals surface area contributed by atoms with E-state index in [1.54, 1.807) is 30.3 Å². The van der Waals surface area contributed by atoms with Crippen molar-refractivity contribution >= 4 is 5.95 Å². The van der Waals surface area contributed by atoms with Crippen molar-refractivity contribution < 1.29 is 13.2 Å². The Kier molecular flexibility index (Phi) is 3.17. The van der Waals surface area contributed by atoms with Gasteiger partial charge in [0.15, 0.2) is 0 Å². The van der Waals surface area contributed by atoms with Crippen LogP contribution in [0.4, 0.5) is 19.1 Å². The lowest BCUT2D eigenvalue weighted by atomic mass is 10.2. The van der Waals surface area contributed by atoms with Crippen LogP contribution in [-0.4, -0.2) is 26.5 Å². The van der Waals surface area contributed by atoms with Gasteiger partial charge >= 0.3 is 6.30 Å². The number of tetrazole rings is 1. The van der Waals surface area contributed by atoms with Crippen molar-refractivity contribution in [1.29, 1.82) is 0 Å². The smallest absolute Gasteiger partial charge is 0.245 e. The van der Waals surface area contributed by atoms with Gasteiger partial charge < -0.3 is 0 Å². The Balaban J connectivity index is 2.27. The molecule has 0 N–H and O–H groups in total. The molecule has 2 rings (SSSR count). The molecular weight excluding hydrogens is 247 g/mol. The Hall–Kier alpha value is -2.12. The fourth-order valence-corrected chi connectivity index (χ4v) is 1.42. The van der Waals surface area contributed by atoms with Crippen LogP contribution in [0.2, 0.25) is 0 Å². The molecule has 8 heteroatoms. The Labute approximate surface area is 101 Å². The summed E-state index contributed by atoms with van der Waals surface area (Å²) in [6.45, 7) is -0.351. The van der Waals surface area contributed by atoms with E-state index >= 15 is 0 Å². The van der Waals surface area contributed by atoms with Gasteiger partial charge in [-0.05, 0) is 10.8 Å². The molecule has 0 amide bonds.